The van der Waals surface area contributed by atoms with Crippen molar-refractivity contribution in [1.29, 1.82) is 0 Å². The first-order valence-electron chi connectivity index (χ1n) is 29.6. The molecule has 100 heavy (non-hydrogen) atoms. The monoisotopic (exact) mass is 1530 g/mol. The number of thioether (sulfide) groups is 2. The number of benzene rings is 6. The van der Waals surface area contributed by atoms with Crippen LogP contribution in [0.2, 0.25) is 6.55 Å². The second kappa shape index (κ2) is 36.3. The van der Waals surface area contributed by atoms with Gasteiger partial charge in [-0.2, -0.15) is 79.0 Å². The summed E-state index contributed by atoms with van der Waals surface area (Å²) in [5.74, 6) is -12.0. The van der Waals surface area contributed by atoms with Crippen molar-refractivity contribution < 1.29 is 133 Å². The highest BCUT2D eigenvalue weighted by atomic mass is 32.2. The van der Waals surface area contributed by atoms with Gasteiger partial charge in [-0.3, -0.25) is 0 Å². The van der Waals surface area contributed by atoms with Crippen LogP contribution < -0.4 is 19.4 Å². The molecule has 6 aromatic carbocycles. The summed E-state index contributed by atoms with van der Waals surface area (Å²) in [7, 11) is -5.59. The minimum absolute atomic E-state index is 0.0390. The standard InChI is InChI=1S/C13H14F6.C12H12F6O2.C12H14F6Si.C10H11F3O.2C10H11F3S/c1-8(2)9-4-6-10(7-5-9)11(3,12(14,15)16)13(17,18)19;1-6(2)8-4-7(3)10(20-12(16,17)18)9(5-8)19-11(13,14)15;1-8(2)9-4-6-10(7-5-9)19(3,11(13,14)15)12(16,17)18;1-7(2)8-4-3-5-9(6-8)14-10(11,12)13;1-7(2)8-3-5-9(6-4-8)14-10(11,12)13;1-7(2)8-4-3-5-9(6-8)14-10(11,12)13/h4-8H,1-3H3;4-6H,1-3H3;4-8H,1-3H3;3*3-7H,1-2H3. The van der Waals surface area contributed by atoms with Crippen molar-refractivity contribution in [2.45, 2.75) is 208 Å². The molecule has 3 nitrogen and oxygen atoms in total. The fourth-order valence-electron chi connectivity index (χ4n) is 8.12. The molecule has 33 heteroatoms. The summed E-state index contributed by atoms with van der Waals surface area (Å²) in [6.45, 7) is 24.1. The summed E-state index contributed by atoms with van der Waals surface area (Å²) >= 11 is -0.147. The zero-order valence-corrected chi connectivity index (χ0v) is 58.5. The molecule has 0 atom stereocenters. The van der Waals surface area contributed by atoms with Gasteiger partial charge in [-0.1, -0.05) is 174 Å². The van der Waals surface area contributed by atoms with Crippen LogP contribution in [0.15, 0.2) is 143 Å². The summed E-state index contributed by atoms with van der Waals surface area (Å²) in [4.78, 5) is 0.491. The maximum atomic E-state index is 12.9. The Hall–Kier alpha value is -6.25. The molecule has 0 N–H and O–H groups in total. The Bertz CT molecular complexity index is 3220. The number of alkyl halides is 27. The molecule has 0 aliphatic heterocycles. The van der Waals surface area contributed by atoms with Crippen LogP contribution in [0.1, 0.15) is 170 Å². The molecule has 0 saturated heterocycles. The van der Waals surface area contributed by atoms with Crippen LogP contribution in [0.25, 0.3) is 0 Å². The topological polar surface area (TPSA) is 27.7 Å². The van der Waals surface area contributed by atoms with Gasteiger partial charge in [0, 0.05) is 9.79 Å². The van der Waals surface area contributed by atoms with Crippen molar-refractivity contribution in [3.05, 3.63) is 178 Å². The number of hydrogen-bond donors (Lipinski definition) is 0. The van der Waals surface area contributed by atoms with E-state index in [2.05, 4.69) is 14.2 Å². The molecule has 6 rings (SSSR count). The van der Waals surface area contributed by atoms with Crippen molar-refractivity contribution in [2.24, 2.45) is 0 Å². The molecule has 0 amide bonds. The van der Waals surface area contributed by atoms with E-state index in [1.807, 2.05) is 75.3 Å². The van der Waals surface area contributed by atoms with Crippen molar-refractivity contribution >= 4 is 36.8 Å². The van der Waals surface area contributed by atoms with E-state index in [1.165, 1.54) is 67.6 Å². The average Bonchev–Trinajstić information content (AvgIpc) is 0.754. The molecule has 0 fully saturated rings. The summed E-state index contributed by atoms with van der Waals surface area (Å²) in [6.07, 6.45) is -25.6. The van der Waals surface area contributed by atoms with Gasteiger partial charge in [0.05, 0.1) is 0 Å². The summed E-state index contributed by atoms with van der Waals surface area (Å²) in [6, 6.07) is 30.3. The predicted molar refractivity (Wildman–Crippen MR) is 335 cm³/mol. The van der Waals surface area contributed by atoms with E-state index in [4.69, 9.17) is 0 Å². The van der Waals surface area contributed by atoms with Crippen LogP contribution in [0, 0.1) is 6.92 Å². The number of ether oxygens (including phenoxy) is 3. The Labute approximate surface area is 570 Å². The SMILES string of the molecule is CC(C)c1ccc(C(C)(C(F)(F)F)C(F)(F)F)cc1.CC(C)c1ccc(SC(F)(F)F)cc1.CC(C)c1ccc([Si](C)(C(F)(F)F)C(F)(F)F)cc1.CC(C)c1cccc(OC(F)(F)F)c1.CC(C)c1cccc(SC(F)(F)F)c1.Cc1cc(C(C)C)cc(OC(F)(F)F)c1OC(F)(F)F. The minimum atomic E-state index is -5.59. The van der Waals surface area contributed by atoms with Gasteiger partial charge in [-0.15, -0.1) is 39.5 Å². The third-order valence-electron chi connectivity index (χ3n) is 14.2. The molecular weight excluding hydrogens is 1460 g/mol. The largest absolute Gasteiger partial charge is 0.573 e. The average molecular weight is 1530 g/mol. The van der Waals surface area contributed by atoms with Crippen LogP contribution in [-0.2, 0) is 5.41 Å². The lowest BCUT2D eigenvalue weighted by Gasteiger charge is -2.34. The molecule has 6 aromatic rings. The normalized spacial score (nSPS) is 12.9. The van der Waals surface area contributed by atoms with Crippen molar-refractivity contribution in [3.8, 4) is 17.2 Å². The first kappa shape index (κ1) is 91.8. The van der Waals surface area contributed by atoms with Crippen LogP contribution >= 0.6 is 23.5 Å². The molecule has 0 unspecified atom stereocenters. The van der Waals surface area contributed by atoms with E-state index in [-0.39, 0.29) is 81.1 Å². The van der Waals surface area contributed by atoms with Crippen molar-refractivity contribution in [3.63, 3.8) is 0 Å². The fourth-order valence-corrected chi connectivity index (χ4v) is 11.1. The third kappa shape index (κ3) is 30.8. The summed E-state index contributed by atoms with van der Waals surface area (Å²) in [5, 5.41) is -0.656. The van der Waals surface area contributed by atoms with Crippen molar-refractivity contribution in [2.75, 3.05) is 0 Å². The van der Waals surface area contributed by atoms with Gasteiger partial charge in [0.15, 0.2) is 16.9 Å². The van der Waals surface area contributed by atoms with Gasteiger partial charge < -0.3 is 14.2 Å². The van der Waals surface area contributed by atoms with Gasteiger partial charge in [0.25, 0.3) is 0 Å². The lowest BCUT2D eigenvalue weighted by molar-refractivity contribution is -0.297. The molecule has 0 radical (unpaired) electrons. The third-order valence-corrected chi connectivity index (χ3v) is 19.5. The summed E-state index contributed by atoms with van der Waals surface area (Å²) < 4.78 is 346. The highest BCUT2D eigenvalue weighted by molar-refractivity contribution is 8.00. The lowest BCUT2D eigenvalue weighted by atomic mass is 9.80. The molecule has 0 aliphatic carbocycles. The van der Waals surface area contributed by atoms with Crippen LogP contribution in [-0.4, -0.2) is 62.1 Å². The Balaban J connectivity index is 0.000000604. The Morgan fingerprint density at radius 2 is 0.680 bits per heavy atom. The lowest BCUT2D eigenvalue weighted by Crippen LogP contribution is -2.68. The Kier molecular flexibility index (Phi) is 33.3. The quantitative estimate of drug-likeness (QED) is 0.0653. The number of aryl methyl sites for hydroxylation is 1. The van der Waals surface area contributed by atoms with Gasteiger partial charge in [0.2, 0.25) is 0 Å². The van der Waals surface area contributed by atoms with E-state index in [1.54, 1.807) is 50.2 Å². The van der Waals surface area contributed by atoms with Crippen molar-refractivity contribution in [1.82, 2.24) is 0 Å². The zero-order valence-electron chi connectivity index (χ0n) is 55.9. The minimum Gasteiger partial charge on any atom is -0.406 e. The van der Waals surface area contributed by atoms with Crippen LogP contribution in [0.3, 0.4) is 0 Å². The smallest absolute Gasteiger partial charge is 0.406 e. The van der Waals surface area contributed by atoms with E-state index < -0.39 is 89.8 Å². The van der Waals surface area contributed by atoms with E-state index >= 15 is 0 Å². The zero-order chi connectivity index (χ0) is 78.1. The number of rotatable bonds is 13. The fraction of sp³-hybridized carbons (Fsp3) is 0.463. The van der Waals surface area contributed by atoms with Crippen LogP contribution in [0.5, 0.6) is 17.2 Å². The molecule has 564 valence electrons. The van der Waals surface area contributed by atoms with Crippen LogP contribution in [0.4, 0.5) is 119 Å². The second-order valence-corrected chi connectivity index (χ2v) is 30.3. The summed E-state index contributed by atoms with van der Waals surface area (Å²) in [5.41, 5.74) is -8.51. The Morgan fingerprint density at radius 1 is 0.340 bits per heavy atom. The molecule has 0 bridgehead atoms. The predicted octanol–water partition coefficient (Wildman–Crippen LogP) is 27.0. The first-order chi connectivity index (χ1) is 44.9. The van der Waals surface area contributed by atoms with Gasteiger partial charge in [-0.25, -0.2) is 0 Å². The highest BCUT2D eigenvalue weighted by Crippen LogP contribution is 2.52. The van der Waals surface area contributed by atoms with E-state index in [0.29, 0.717) is 29.2 Å². The first-order valence-corrected chi connectivity index (χ1v) is 33.7. The highest BCUT2D eigenvalue weighted by Gasteiger charge is 2.72. The molecular formula is C67H73F27O3S2Si. The number of hydrogen-bond acceptors (Lipinski definition) is 5. The van der Waals surface area contributed by atoms with E-state index in [0.717, 1.165) is 47.0 Å². The number of halogens is 27. The molecule has 0 aromatic heterocycles. The molecule has 0 heterocycles. The maximum absolute atomic E-state index is 12.9. The van der Waals surface area contributed by atoms with Gasteiger partial charge in [0.1, 0.15) is 5.75 Å². The molecule has 0 aliphatic rings. The van der Waals surface area contributed by atoms with Gasteiger partial charge >= 0.3 is 62.1 Å². The van der Waals surface area contributed by atoms with Gasteiger partial charge in [-0.05, 0) is 172 Å². The second-order valence-electron chi connectivity index (χ2n) is 24.0. The maximum Gasteiger partial charge on any atom is 0.573 e. The molecule has 0 spiro atoms. The Morgan fingerprint density at radius 3 is 1.02 bits per heavy atom. The molecule has 0 saturated carbocycles. The van der Waals surface area contributed by atoms with E-state index in [9.17, 15) is 119 Å².